The van der Waals surface area contributed by atoms with Crippen LogP contribution in [0.5, 0.6) is 0 Å². The van der Waals surface area contributed by atoms with Gasteiger partial charge >= 0.3 is 0 Å². The third-order valence-corrected chi connectivity index (χ3v) is 5.40. The Morgan fingerprint density at radius 2 is 2.30 bits per heavy atom. The molecule has 0 aromatic carbocycles. The number of hydrogen-bond donors (Lipinski definition) is 2. The molecule has 1 saturated heterocycles. The molecule has 1 saturated carbocycles. The maximum atomic E-state index is 13.1. The van der Waals surface area contributed by atoms with Crippen LogP contribution in [0.25, 0.3) is 0 Å². The number of hydrogen-bond acceptors (Lipinski definition) is 6. The number of rotatable bonds is 9. The van der Waals surface area contributed by atoms with Crippen LogP contribution in [0.2, 0.25) is 0 Å². The lowest BCUT2D eigenvalue weighted by atomic mass is 9.90. The highest BCUT2D eigenvalue weighted by atomic mass is 16.5. The molecule has 0 radical (unpaired) electrons. The number of nitrogens with one attached hydrogen (secondary N) is 1. The quantitative estimate of drug-likeness (QED) is 0.585. The average molecular weight is 380 g/mol. The van der Waals surface area contributed by atoms with Crippen molar-refractivity contribution in [3.8, 4) is 0 Å². The summed E-state index contributed by atoms with van der Waals surface area (Å²) in [7, 11) is 1.64. The number of morpholine rings is 1. The molecule has 0 aromatic rings. The second kappa shape index (κ2) is 9.57. The van der Waals surface area contributed by atoms with E-state index in [1.807, 2.05) is 11.0 Å². The fourth-order valence-electron chi connectivity index (χ4n) is 3.74. The lowest BCUT2D eigenvalue weighted by Gasteiger charge is -2.38. The Balaban J connectivity index is 1.69. The first-order valence-electron chi connectivity index (χ1n) is 9.98. The number of aliphatic hydroxyl groups excluding tert-OH is 1. The summed E-state index contributed by atoms with van der Waals surface area (Å²) in [6.07, 6.45) is 7.03. The normalized spacial score (nSPS) is 26.6. The van der Waals surface area contributed by atoms with Crippen molar-refractivity contribution in [1.29, 1.82) is 0 Å². The highest BCUT2D eigenvalue weighted by Gasteiger charge is 2.42. The fourth-order valence-corrected chi connectivity index (χ4v) is 3.74. The van der Waals surface area contributed by atoms with Gasteiger partial charge < -0.3 is 29.5 Å². The van der Waals surface area contributed by atoms with Gasteiger partial charge in [-0.3, -0.25) is 4.79 Å². The van der Waals surface area contributed by atoms with Crippen LogP contribution in [0.15, 0.2) is 23.7 Å². The van der Waals surface area contributed by atoms with Crippen molar-refractivity contribution in [2.45, 2.75) is 50.8 Å². The van der Waals surface area contributed by atoms with Crippen LogP contribution in [0.3, 0.4) is 0 Å². The number of nitrogens with zero attached hydrogens (tertiary/aromatic N) is 1. The predicted molar refractivity (Wildman–Crippen MR) is 101 cm³/mol. The van der Waals surface area contributed by atoms with Gasteiger partial charge in [-0.1, -0.05) is 0 Å². The van der Waals surface area contributed by atoms with E-state index in [1.165, 1.54) is 0 Å². The first-order chi connectivity index (χ1) is 13.1. The maximum absolute atomic E-state index is 13.1. The number of carbonyl (C=O) groups is 1. The lowest BCUT2D eigenvalue weighted by molar-refractivity contribution is -0.149. The van der Waals surface area contributed by atoms with Crippen molar-refractivity contribution < 1.29 is 24.1 Å². The number of allylic oxidation sites excluding steroid dienone is 2. The Hall–Kier alpha value is -1.57. The Kier molecular flexibility index (Phi) is 7.15. The van der Waals surface area contributed by atoms with E-state index < -0.39 is 6.10 Å². The van der Waals surface area contributed by atoms with Gasteiger partial charge in [-0.25, -0.2) is 0 Å². The van der Waals surface area contributed by atoms with E-state index in [-0.39, 0.29) is 24.5 Å². The largest absolute Gasteiger partial charge is 0.498 e. The van der Waals surface area contributed by atoms with E-state index in [4.69, 9.17) is 19.3 Å². The standard InChI is InChI=1S/C20H32N2O5/c1-14(15-10-17(25-2)12-18(11-15)26-8-3-7-23)22(16-4-5-16)20(24)19-13-21-6-9-27-19/h10,12,14-16,19,21,23H,3-9,11,13H2,1-2H3/t14?,15?,19-/m1/s1. The number of carbonyl (C=O) groups excluding carboxylic acids is 1. The third kappa shape index (κ3) is 5.24. The zero-order chi connectivity index (χ0) is 19.2. The summed E-state index contributed by atoms with van der Waals surface area (Å²) in [6.45, 7) is 4.65. The van der Waals surface area contributed by atoms with E-state index >= 15 is 0 Å². The molecule has 152 valence electrons. The maximum Gasteiger partial charge on any atom is 0.253 e. The number of ether oxygens (including phenoxy) is 3. The number of methoxy groups -OCH3 is 1. The van der Waals surface area contributed by atoms with E-state index in [0.29, 0.717) is 32.2 Å². The molecule has 3 rings (SSSR count). The molecule has 2 fully saturated rings. The summed E-state index contributed by atoms with van der Waals surface area (Å²) < 4.78 is 17.0. The van der Waals surface area contributed by atoms with Crippen molar-refractivity contribution in [3.05, 3.63) is 23.7 Å². The Labute approximate surface area is 161 Å². The molecular formula is C20H32N2O5. The van der Waals surface area contributed by atoms with Crippen LogP contribution in [0.4, 0.5) is 0 Å². The summed E-state index contributed by atoms with van der Waals surface area (Å²) in [4.78, 5) is 15.2. The summed E-state index contributed by atoms with van der Waals surface area (Å²) in [5, 5.41) is 12.2. The molecule has 1 heterocycles. The second-order valence-electron chi connectivity index (χ2n) is 7.46. The van der Waals surface area contributed by atoms with Crippen LogP contribution >= 0.6 is 0 Å². The third-order valence-electron chi connectivity index (χ3n) is 5.40. The molecule has 0 spiro atoms. The van der Waals surface area contributed by atoms with Crippen LogP contribution < -0.4 is 5.32 Å². The van der Waals surface area contributed by atoms with E-state index in [2.05, 4.69) is 18.3 Å². The van der Waals surface area contributed by atoms with Gasteiger partial charge in [-0.05, 0) is 25.8 Å². The average Bonchev–Trinajstić information content (AvgIpc) is 3.53. The van der Waals surface area contributed by atoms with Gasteiger partial charge in [0, 0.05) is 56.6 Å². The Morgan fingerprint density at radius 3 is 2.93 bits per heavy atom. The van der Waals surface area contributed by atoms with Crippen molar-refractivity contribution in [3.63, 3.8) is 0 Å². The summed E-state index contributed by atoms with van der Waals surface area (Å²) in [6, 6.07) is 0.341. The topological polar surface area (TPSA) is 80.3 Å². The Bertz CT molecular complexity index is 567. The summed E-state index contributed by atoms with van der Waals surface area (Å²) in [5.41, 5.74) is 0. The molecule has 0 aromatic heterocycles. The van der Waals surface area contributed by atoms with Crippen LogP contribution in [-0.2, 0) is 19.0 Å². The monoisotopic (exact) mass is 380 g/mol. The van der Waals surface area contributed by atoms with Crippen molar-refractivity contribution in [2.24, 2.45) is 5.92 Å². The zero-order valence-corrected chi connectivity index (χ0v) is 16.4. The minimum Gasteiger partial charge on any atom is -0.498 e. The number of aliphatic hydroxyl groups is 1. The molecule has 2 N–H and O–H groups in total. The zero-order valence-electron chi connectivity index (χ0n) is 16.4. The van der Waals surface area contributed by atoms with E-state index in [9.17, 15) is 4.79 Å². The molecule has 3 aliphatic rings. The highest BCUT2D eigenvalue weighted by molar-refractivity contribution is 5.82. The first-order valence-corrected chi connectivity index (χ1v) is 9.98. The van der Waals surface area contributed by atoms with Gasteiger partial charge in [-0.2, -0.15) is 0 Å². The van der Waals surface area contributed by atoms with Gasteiger partial charge in [0.15, 0.2) is 0 Å². The van der Waals surface area contributed by atoms with Gasteiger partial charge in [0.1, 0.15) is 17.6 Å². The molecule has 1 amide bonds. The first kappa shape index (κ1) is 20.2. The predicted octanol–water partition coefficient (Wildman–Crippen LogP) is 1.19. The highest BCUT2D eigenvalue weighted by Crippen LogP contribution is 2.35. The lowest BCUT2D eigenvalue weighted by Crippen LogP contribution is -2.54. The van der Waals surface area contributed by atoms with Crippen molar-refractivity contribution in [1.82, 2.24) is 10.2 Å². The molecule has 7 heteroatoms. The van der Waals surface area contributed by atoms with Crippen molar-refractivity contribution in [2.75, 3.05) is 40.0 Å². The molecule has 3 atom stereocenters. The number of amides is 1. The van der Waals surface area contributed by atoms with Gasteiger partial charge in [0.25, 0.3) is 5.91 Å². The molecule has 7 nitrogen and oxygen atoms in total. The van der Waals surface area contributed by atoms with Crippen molar-refractivity contribution >= 4 is 5.91 Å². The Morgan fingerprint density at radius 1 is 1.48 bits per heavy atom. The summed E-state index contributed by atoms with van der Waals surface area (Å²) >= 11 is 0. The van der Waals surface area contributed by atoms with Crippen LogP contribution in [0.1, 0.15) is 32.6 Å². The molecule has 2 aliphatic carbocycles. The van der Waals surface area contributed by atoms with Crippen LogP contribution in [-0.4, -0.2) is 74.1 Å². The fraction of sp³-hybridized carbons (Fsp3) is 0.750. The van der Waals surface area contributed by atoms with Gasteiger partial charge in [-0.15, -0.1) is 0 Å². The minimum atomic E-state index is -0.396. The molecule has 27 heavy (non-hydrogen) atoms. The van der Waals surface area contributed by atoms with Gasteiger partial charge in [0.05, 0.1) is 20.3 Å². The molecule has 1 aliphatic heterocycles. The van der Waals surface area contributed by atoms with E-state index in [1.54, 1.807) is 7.11 Å². The van der Waals surface area contributed by atoms with Crippen LogP contribution in [0, 0.1) is 5.92 Å². The van der Waals surface area contributed by atoms with E-state index in [0.717, 1.165) is 37.3 Å². The molecular weight excluding hydrogens is 348 g/mol. The second-order valence-corrected chi connectivity index (χ2v) is 7.46. The molecule has 2 unspecified atom stereocenters. The molecule has 0 bridgehead atoms. The SMILES string of the molecule is COC1=CC(C(C)N(C(=O)[C@H]2CNCCO2)C2CC2)CC(OCCCO)=C1. The summed E-state index contributed by atoms with van der Waals surface area (Å²) in [5.74, 6) is 1.81. The smallest absolute Gasteiger partial charge is 0.253 e. The van der Waals surface area contributed by atoms with Gasteiger partial charge in [0.2, 0.25) is 0 Å². The minimum absolute atomic E-state index is 0.0332.